The van der Waals surface area contributed by atoms with Gasteiger partial charge < -0.3 is 19.5 Å². The number of non-ortho nitro benzene ring substituents is 1. The van der Waals surface area contributed by atoms with Crippen molar-refractivity contribution in [2.24, 2.45) is 0 Å². The number of ether oxygens (including phenoxy) is 1. The Balaban J connectivity index is 2.07. The Hall–Kier alpha value is -3.43. The van der Waals surface area contributed by atoms with Crippen LogP contribution >= 0.6 is 0 Å². The van der Waals surface area contributed by atoms with E-state index in [0.717, 1.165) is 6.07 Å². The van der Waals surface area contributed by atoms with Gasteiger partial charge in [-0.15, -0.1) is 0 Å². The van der Waals surface area contributed by atoms with Crippen molar-refractivity contribution >= 4 is 29.1 Å². The smallest absolute Gasteiger partial charge is 0.341 e. The summed E-state index contributed by atoms with van der Waals surface area (Å²) in [6, 6.07) is 5.33. The molecule has 0 atom stereocenters. The molecule has 2 rings (SSSR count). The summed E-state index contributed by atoms with van der Waals surface area (Å²) in [5, 5.41) is 16.9. The maximum absolute atomic E-state index is 12.2. The van der Waals surface area contributed by atoms with Crippen molar-refractivity contribution in [1.29, 1.82) is 0 Å². The minimum atomic E-state index is -0.848. The molecule has 1 amide bonds. The van der Waals surface area contributed by atoms with Gasteiger partial charge in [0.15, 0.2) is 12.4 Å². The molecule has 10 heteroatoms. The fourth-order valence-corrected chi connectivity index (χ4v) is 2.00. The topological polar surface area (TPSA) is 128 Å². The van der Waals surface area contributed by atoms with E-state index in [1.807, 2.05) is 0 Å². The second-order valence-corrected chi connectivity index (χ2v) is 5.30. The molecule has 0 radical (unpaired) electrons. The van der Waals surface area contributed by atoms with Gasteiger partial charge in [-0.1, -0.05) is 5.16 Å². The van der Waals surface area contributed by atoms with Gasteiger partial charge in [0.1, 0.15) is 5.76 Å². The van der Waals surface area contributed by atoms with Gasteiger partial charge >= 0.3 is 5.97 Å². The van der Waals surface area contributed by atoms with Crippen LogP contribution in [0.15, 0.2) is 28.8 Å². The minimum Gasteiger partial charge on any atom is -0.452 e. The van der Waals surface area contributed by atoms with Crippen molar-refractivity contribution in [3.05, 3.63) is 45.7 Å². The monoisotopic (exact) mass is 348 g/mol. The lowest BCUT2D eigenvalue weighted by molar-refractivity contribution is -0.384. The highest BCUT2D eigenvalue weighted by Gasteiger charge is 2.20. The van der Waals surface area contributed by atoms with Gasteiger partial charge in [-0.2, -0.15) is 0 Å². The highest BCUT2D eigenvalue weighted by atomic mass is 16.6. The average Bonchev–Trinajstić information content (AvgIpc) is 2.96. The van der Waals surface area contributed by atoms with E-state index in [-0.39, 0.29) is 17.1 Å². The van der Waals surface area contributed by atoms with Crippen LogP contribution in [-0.2, 0) is 9.53 Å². The van der Waals surface area contributed by atoms with E-state index >= 15 is 0 Å². The predicted octanol–water partition coefficient (Wildman–Crippen LogP) is 1.75. The number of carbonyl (C=O) groups is 2. The molecule has 132 valence electrons. The summed E-state index contributed by atoms with van der Waals surface area (Å²) in [5.74, 6) is -0.750. The van der Waals surface area contributed by atoms with Gasteiger partial charge in [0.05, 0.1) is 16.2 Å². The molecular formula is C15H16N4O6. The largest absolute Gasteiger partial charge is 0.452 e. The number of rotatable bonds is 6. The normalized spacial score (nSPS) is 10.2. The van der Waals surface area contributed by atoms with Crippen LogP contribution in [0.4, 0.5) is 17.2 Å². The van der Waals surface area contributed by atoms with Crippen molar-refractivity contribution in [3.63, 3.8) is 0 Å². The first kappa shape index (κ1) is 17.9. The molecule has 0 spiro atoms. The maximum atomic E-state index is 12.2. The minimum absolute atomic E-state index is 0.00993. The lowest BCUT2D eigenvalue weighted by atomic mass is 10.1. The average molecular weight is 348 g/mol. The molecule has 25 heavy (non-hydrogen) atoms. The van der Waals surface area contributed by atoms with Crippen LogP contribution in [0.25, 0.3) is 0 Å². The number of esters is 1. The number of nitro benzene ring substituents is 1. The number of hydrogen-bond donors (Lipinski definition) is 1. The summed E-state index contributed by atoms with van der Waals surface area (Å²) < 4.78 is 9.73. The van der Waals surface area contributed by atoms with Crippen molar-refractivity contribution in [1.82, 2.24) is 5.16 Å². The second kappa shape index (κ2) is 7.43. The molecule has 2 aromatic rings. The molecule has 0 saturated carbocycles. The predicted molar refractivity (Wildman–Crippen MR) is 87.6 cm³/mol. The maximum Gasteiger partial charge on any atom is 0.341 e. The molecular weight excluding hydrogens is 332 g/mol. The summed E-state index contributed by atoms with van der Waals surface area (Å²) >= 11 is 0. The zero-order chi connectivity index (χ0) is 18.6. The number of nitrogens with zero attached hydrogens (tertiary/aromatic N) is 3. The standard InChI is InChI=1S/C15H16N4O6/c1-9-6-13(17-25-9)16-14(20)8-24-15(21)11-7-10(19(22)23)4-5-12(11)18(2)3/h4-7H,8H2,1-3H3,(H,16,17,20). The number of hydrogen-bond acceptors (Lipinski definition) is 8. The molecule has 1 aromatic carbocycles. The third-order valence-electron chi connectivity index (χ3n) is 3.12. The van der Waals surface area contributed by atoms with E-state index in [1.54, 1.807) is 25.9 Å². The summed E-state index contributed by atoms with van der Waals surface area (Å²) in [6.07, 6.45) is 0. The molecule has 1 N–H and O–H groups in total. The molecule has 1 heterocycles. The fraction of sp³-hybridized carbons (Fsp3) is 0.267. The van der Waals surface area contributed by atoms with Gasteiger partial charge in [-0.05, 0) is 13.0 Å². The second-order valence-electron chi connectivity index (χ2n) is 5.30. The Labute approximate surface area is 142 Å². The van der Waals surface area contributed by atoms with Crippen LogP contribution in [0.5, 0.6) is 0 Å². The fourth-order valence-electron chi connectivity index (χ4n) is 2.00. The number of nitrogens with one attached hydrogen (secondary N) is 1. The van der Waals surface area contributed by atoms with Crippen LogP contribution in [0.2, 0.25) is 0 Å². The van der Waals surface area contributed by atoms with E-state index in [4.69, 9.17) is 9.26 Å². The van der Waals surface area contributed by atoms with E-state index in [1.165, 1.54) is 18.2 Å². The lowest BCUT2D eigenvalue weighted by Gasteiger charge is -2.16. The molecule has 0 aliphatic heterocycles. The van der Waals surface area contributed by atoms with Crippen LogP contribution in [-0.4, -0.2) is 42.7 Å². The quantitative estimate of drug-likeness (QED) is 0.475. The van der Waals surface area contributed by atoms with Gasteiger partial charge in [0.2, 0.25) is 0 Å². The van der Waals surface area contributed by atoms with E-state index in [2.05, 4.69) is 10.5 Å². The number of carbonyl (C=O) groups excluding carboxylic acids is 2. The van der Waals surface area contributed by atoms with Crippen molar-refractivity contribution in [2.45, 2.75) is 6.92 Å². The summed E-state index contributed by atoms with van der Waals surface area (Å²) in [4.78, 5) is 35.9. The Morgan fingerprint density at radius 1 is 1.36 bits per heavy atom. The first-order valence-electron chi connectivity index (χ1n) is 7.14. The Bertz CT molecular complexity index is 814. The van der Waals surface area contributed by atoms with E-state index < -0.39 is 23.4 Å². The first-order valence-corrected chi connectivity index (χ1v) is 7.14. The number of nitro groups is 1. The number of aryl methyl sites for hydroxylation is 1. The van der Waals surface area contributed by atoms with E-state index in [0.29, 0.717) is 11.4 Å². The van der Waals surface area contributed by atoms with Crippen LogP contribution in [0.3, 0.4) is 0 Å². The first-order chi connectivity index (χ1) is 11.8. The van der Waals surface area contributed by atoms with Crippen molar-refractivity contribution < 1.29 is 23.8 Å². The molecule has 0 aliphatic carbocycles. The zero-order valence-electron chi connectivity index (χ0n) is 13.8. The molecule has 0 unspecified atom stereocenters. The molecule has 0 fully saturated rings. The van der Waals surface area contributed by atoms with Gasteiger partial charge in [-0.3, -0.25) is 14.9 Å². The summed E-state index contributed by atoms with van der Waals surface area (Å²) in [6.45, 7) is 1.09. The van der Waals surface area contributed by atoms with Crippen LogP contribution < -0.4 is 10.2 Å². The lowest BCUT2D eigenvalue weighted by Crippen LogP contribution is -2.22. The molecule has 10 nitrogen and oxygen atoms in total. The Morgan fingerprint density at radius 3 is 2.64 bits per heavy atom. The third-order valence-corrected chi connectivity index (χ3v) is 3.12. The highest BCUT2D eigenvalue weighted by Crippen LogP contribution is 2.25. The zero-order valence-corrected chi connectivity index (χ0v) is 13.8. The number of amides is 1. The van der Waals surface area contributed by atoms with E-state index in [9.17, 15) is 19.7 Å². The number of benzene rings is 1. The van der Waals surface area contributed by atoms with Crippen LogP contribution in [0.1, 0.15) is 16.1 Å². The molecule has 0 bridgehead atoms. The van der Waals surface area contributed by atoms with Crippen molar-refractivity contribution in [3.8, 4) is 0 Å². The summed E-state index contributed by atoms with van der Waals surface area (Å²) in [7, 11) is 3.36. The number of aromatic nitrogens is 1. The van der Waals surface area contributed by atoms with Crippen LogP contribution in [0, 0.1) is 17.0 Å². The third kappa shape index (κ3) is 4.53. The van der Waals surface area contributed by atoms with Crippen molar-refractivity contribution in [2.75, 3.05) is 30.9 Å². The Kier molecular flexibility index (Phi) is 5.32. The Morgan fingerprint density at radius 2 is 2.08 bits per heavy atom. The molecule has 0 saturated heterocycles. The van der Waals surface area contributed by atoms with Gasteiger partial charge in [-0.25, -0.2) is 4.79 Å². The van der Waals surface area contributed by atoms with Gasteiger partial charge in [0.25, 0.3) is 11.6 Å². The molecule has 1 aromatic heterocycles. The molecule has 0 aliphatic rings. The highest BCUT2D eigenvalue weighted by molar-refractivity contribution is 5.99. The summed E-state index contributed by atoms with van der Waals surface area (Å²) in [5.41, 5.74) is 0.174. The van der Waals surface area contributed by atoms with Gasteiger partial charge in [0, 0.05) is 32.3 Å². The number of anilines is 2. The SMILES string of the molecule is Cc1cc(NC(=O)COC(=O)c2cc([N+](=O)[O-])ccc2N(C)C)no1.